The normalized spacial score (nSPS) is 11.0. The van der Waals surface area contributed by atoms with Crippen molar-refractivity contribution in [2.75, 3.05) is 13.6 Å². The van der Waals surface area contributed by atoms with Crippen LogP contribution in [0, 0.1) is 17.0 Å². The van der Waals surface area contributed by atoms with E-state index in [0.29, 0.717) is 23.3 Å². The maximum Gasteiger partial charge on any atom is 0.295 e. The second-order valence-electron chi connectivity index (χ2n) is 6.29. The van der Waals surface area contributed by atoms with Gasteiger partial charge in [-0.3, -0.25) is 19.7 Å². The molecule has 0 N–H and O–H groups in total. The van der Waals surface area contributed by atoms with Crippen molar-refractivity contribution in [3.63, 3.8) is 0 Å². The lowest BCUT2D eigenvalue weighted by Gasteiger charge is -2.15. The van der Waals surface area contributed by atoms with Gasteiger partial charge in [-0.05, 0) is 26.8 Å². The molecule has 2 aromatic heterocycles. The minimum atomic E-state index is -0.501. The third-order valence-electron chi connectivity index (χ3n) is 4.62. The Morgan fingerprint density at radius 3 is 2.61 bits per heavy atom. The number of carbonyl (C=O) groups excluding carboxylic acids is 1. The first kappa shape index (κ1) is 19.2. The molecule has 0 radical (unpaired) electrons. The highest BCUT2D eigenvalue weighted by Crippen LogP contribution is 2.24. The Balaban J connectivity index is 2.35. The zero-order valence-corrected chi connectivity index (χ0v) is 16.0. The van der Waals surface area contributed by atoms with E-state index in [0.717, 1.165) is 0 Å². The third-order valence-corrected chi connectivity index (χ3v) is 4.62. The monoisotopic (exact) mass is 384 g/mol. The SMILES string of the molecule is CCN(C)C(=O)c1nn(CC)c(=O)c2nn(-c3cccc([N+](=O)[O-])c3)c(C)c12. The second kappa shape index (κ2) is 7.22. The maximum atomic E-state index is 12.8. The number of fused-ring (bicyclic) bond motifs is 1. The smallest absolute Gasteiger partial charge is 0.295 e. The number of benzene rings is 1. The van der Waals surface area contributed by atoms with Crippen LogP contribution in [0.1, 0.15) is 30.0 Å². The van der Waals surface area contributed by atoms with Gasteiger partial charge in [0.15, 0.2) is 11.2 Å². The highest BCUT2D eigenvalue weighted by Gasteiger charge is 2.25. The molecular weight excluding hydrogens is 364 g/mol. The molecule has 2 heterocycles. The predicted molar refractivity (Wildman–Crippen MR) is 103 cm³/mol. The zero-order chi connectivity index (χ0) is 20.6. The molecule has 3 rings (SSSR count). The molecule has 3 aromatic rings. The largest absolute Gasteiger partial charge is 0.341 e. The molecule has 0 aliphatic rings. The Hall–Kier alpha value is -3.56. The Morgan fingerprint density at radius 1 is 1.29 bits per heavy atom. The summed E-state index contributed by atoms with van der Waals surface area (Å²) in [4.78, 5) is 37.7. The van der Waals surface area contributed by atoms with Crippen LogP contribution >= 0.6 is 0 Å². The van der Waals surface area contributed by atoms with Gasteiger partial charge in [-0.2, -0.15) is 10.2 Å². The number of hydrogen-bond acceptors (Lipinski definition) is 6. The first-order chi connectivity index (χ1) is 13.3. The van der Waals surface area contributed by atoms with E-state index in [1.54, 1.807) is 33.0 Å². The van der Waals surface area contributed by atoms with Gasteiger partial charge in [0.25, 0.3) is 17.2 Å². The number of nitro groups is 1. The van der Waals surface area contributed by atoms with Gasteiger partial charge < -0.3 is 4.90 Å². The molecular formula is C18H20N6O4. The van der Waals surface area contributed by atoms with Crippen molar-refractivity contribution in [2.24, 2.45) is 0 Å². The summed E-state index contributed by atoms with van der Waals surface area (Å²) in [6.07, 6.45) is 0. The maximum absolute atomic E-state index is 12.8. The average Bonchev–Trinajstić information content (AvgIpc) is 3.05. The molecule has 0 fully saturated rings. The van der Waals surface area contributed by atoms with E-state index >= 15 is 0 Å². The van der Waals surface area contributed by atoms with Crippen LogP contribution in [-0.4, -0.2) is 48.9 Å². The molecule has 10 nitrogen and oxygen atoms in total. The third kappa shape index (κ3) is 3.02. The van der Waals surface area contributed by atoms with E-state index in [1.807, 2.05) is 6.92 Å². The topological polar surface area (TPSA) is 116 Å². The van der Waals surface area contributed by atoms with Crippen molar-refractivity contribution in [3.05, 3.63) is 56.1 Å². The summed E-state index contributed by atoms with van der Waals surface area (Å²) >= 11 is 0. The molecule has 146 valence electrons. The average molecular weight is 384 g/mol. The molecule has 0 saturated carbocycles. The van der Waals surface area contributed by atoms with Gasteiger partial charge in [0, 0.05) is 32.3 Å². The second-order valence-corrected chi connectivity index (χ2v) is 6.29. The number of non-ortho nitro benzene ring substituents is 1. The summed E-state index contributed by atoms with van der Waals surface area (Å²) < 4.78 is 2.63. The molecule has 0 spiro atoms. The summed E-state index contributed by atoms with van der Waals surface area (Å²) in [5, 5.41) is 20.1. The van der Waals surface area contributed by atoms with Crippen molar-refractivity contribution in [3.8, 4) is 5.69 Å². The number of nitro benzene ring substituents is 1. The summed E-state index contributed by atoms with van der Waals surface area (Å²) in [6.45, 7) is 6.06. The number of rotatable bonds is 5. The number of carbonyl (C=O) groups is 1. The molecule has 1 aromatic carbocycles. The number of amides is 1. The molecule has 0 bridgehead atoms. The summed E-state index contributed by atoms with van der Waals surface area (Å²) in [6, 6.07) is 5.93. The van der Waals surface area contributed by atoms with Crippen molar-refractivity contribution < 1.29 is 9.72 Å². The number of nitrogens with zero attached hydrogens (tertiary/aromatic N) is 6. The molecule has 0 atom stereocenters. The van der Waals surface area contributed by atoms with Crippen LogP contribution in [0.25, 0.3) is 16.6 Å². The van der Waals surface area contributed by atoms with E-state index in [4.69, 9.17) is 0 Å². The Bertz CT molecular complexity index is 1150. The molecule has 0 unspecified atom stereocenters. The van der Waals surface area contributed by atoms with Crippen molar-refractivity contribution >= 4 is 22.5 Å². The minimum absolute atomic E-state index is 0.0948. The summed E-state index contributed by atoms with van der Waals surface area (Å²) in [5.41, 5.74) is 0.663. The lowest BCUT2D eigenvalue weighted by atomic mass is 10.2. The molecule has 1 amide bonds. The van der Waals surface area contributed by atoms with E-state index < -0.39 is 10.5 Å². The van der Waals surface area contributed by atoms with E-state index in [9.17, 15) is 19.7 Å². The van der Waals surface area contributed by atoms with Gasteiger partial charge in [-0.25, -0.2) is 9.36 Å². The van der Waals surface area contributed by atoms with E-state index in [2.05, 4.69) is 10.2 Å². The fraction of sp³-hybridized carbons (Fsp3) is 0.333. The van der Waals surface area contributed by atoms with Crippen LogP contribution in [0.2, 0.25) is 0 Å². The first-order valence-electron chi connectivity index (χ1n) is 8.80. The Kier molecular flexibility index (Phi) is 4.95. The fourth-order valence-electron chi connectivity index (χ4n) is 2.95. The van der Waals surface area contributed by atoms with Gasteiger partial charge in [0.2, 0.25) is 0 Å². The Labute approximate surface area is 160 Å². The van der Waals surface area contributed by atoms with Gasteiger partial charge >= 0.3 is 0 Å². The number of hydrogen-bond donors (Lipinski definition) is 0. The highest BCUT2D eigenvalue weighted by atomic mass is 16.6. The summed E-state index contributed by atoms with van der Waals surface area (Å²) in [5.74, 6) is -0.323. The highest BCUT2D eigenvalue weighted by molar-refractivity contribution is 6.05. The molecule has 0 aliphatic carbocycles. The molecule has 28 heavy (non-hydrogen) atoms. The first-order valence-corrected chi connectivity index (χ1v) is 8.80. The van der Waals surface area contributed by atoms with Crippen molar-refractivity contribution in [1.29, 1.82) is 0 Å². The van der Waals surface area contributed by atoms with Crippen LogP contribution < -0.4 is 5.56 Å². The number of aromatic nitrogens is 4. The van der Waals surface area contributed by atoms with Gasteiger partial charge in [0.1, 0.15) is 0 Å². The quantitative estimate of drug-likeness (QED) is 0.490. The van der Waals surface area contributed by atoms with E-state index in [-0.39, 0.29) is 29.3 Å². The van der Waals surface area contributed by atoms with Crippen LogP contribution in [0.5, 0.6) is 0 Å². The molecule has 0 saturated heterocycles. The lowest BCUT2D eigenvalue weighted by Crippen LogP contribution is -2.31. The summed E-state index contributed by atoms with van der Waals surface area (Å²) in [7, 11) is 1.65. The van der Waals surface area contributed by atoms with Gasteiger partial charge in [0.05, 0.1) is 21.7 Å². The van der Waals surface area contributed by atoms with Crippen LogP contribution in [-0.2, 0) is 6.54 Å². The predicted octanol–water partition coefficient (Wildman–Crippen LogP) is 1.91. The fourth-order valence-corrected chi connectivity index (χ4v) is 2.95. The Morgan fingerprint density at radius 2 is 2.00 bits per heavy atom. The lowest BCUT2D eigenvalue weighted by molar-refractivity contribution is -0.384. The van der Waals surface area contributed by atoms with Gasteiger partial charge in [-0.15, -0.1) is 0 Å². The zero-order valence-electron chi connectivity index (χ0n) is 16.0. The van der Waals surface area contributed by atoms with Crippen molar-refractivity contribution in [1.82, 2.24) is 24.5 Å². The van der Waals surface area contributed by atoms with Gasteiger partial charge in [-0.1, -0.05) is 6.07 Å². The standard InChI is InChI=1S/C18H20N6O4/c1-5-21(4)17(25)15-14-11(3)23(12-8-7-9-13(10-12)24(27)28)20-16(14)18(26)22(6-2)19-15/h7-10H,5-6H2,1-4H3. The van der Waals surface area contributed by atoms with Crippen LogP contribution in [0.3, 0.4) is 0 Å². The molecule has 0 aliphatic heterocycles. The molecule has 10 heteroatoms. The van der Waals surface area contributed by atoms with Crippen molar-refractivity contribution in [2.45, 2.75) is 27.3 Å². The minimum Gasteiger partial charge on any atom is -0.341 e. The van der Waals surface area contributed by atoms with Crippen LogP contribution in [0.4, 0.5) is 5.69 Å². The number of aryl methyl sites for hydroxylation is 2. The van der Waals surface area contributed by atoms with E-state index in [1.165, 1.54) is 26.4 Å². The van der Waals surface area contributed by atoms with Crippen LogP contribution in [0.15, 0.2) is 29.1 Å².